The largest absolute Gasteiger partial charge is 0.307 e. The van der Waals surface area contributed by atoms with Crippen molar-refractivity contribution < 1.29 is 0 Å². The predicted octanol–water partition coefficient (Wildman–Crippen LogP) is 4.51. The summed E-state index contributed by atoms with van der Waals surface area (Å²) in [5.41, 5.74) is 1.41. The van der Waals surface area contributed by atoms with Gasteiger partial charge in [0, 0.05) is 4.47 Å². The van der Waals surface area contributed by atoms with Crippen LogP contribution >= 0.6 is 27.3 Å². The van der Waals surface area contributed by atoms with Crippen molar-refractivity contribution in [2.75, 3.05) is 6.54 Å². The minimum atomic E-state index is 0.295. The first kappa shape index (κ1) is 12.6. The lowest BCUT2D eigenvalue weighted by atomic mass is 9.78. The second-order valence-corrected chi connectivity index (χ2v) is 7.62. The van der Waals surface area contributed by atoms with Gasteiger partial charge in [0.15, 0.2) is 0 Å². The Morgan fingerprint density at radius 1 is 1.44 bits per heavy atom. The molecule has 1 N–H and O–H groups in total. The molecule has 1 saturated heterocycles. The molecular weight excluding hydrogens is 308 g/mol. The molecule has 1 fully saturated rings. The normalized spacial score (nSPS) is 23.4. The second-order valence-electron chi connectivity index (χ2n) is 5.64. The van der Waals surface area contributed by atoms with Crippen LogP contribution in [0.1, 0.15) is 37.7 Å². The molecule has 0 radical (unpaired) electrons. The van der Waals surface area contributed by atoms with E-state index in [1.807, 2.05) is 11.3 Å². The van der Waals surface area contributed by atoms with E-state index in [4.69, 9.17) is 4.98 Å². The van der Waals surface area contributed by atoms with E-state index in [1.54, 1.807) is 0 Å². The molecule has 2 nitrogen and oxygen atoms in total. The lowest BCUT2D eigenvalue weighted by Crippen LogP contribution is -2.39. The third-order valence-corrected chi connectivity index (χ3v) is 5.32. The van der Waals surface area contributed by atoms with Gasteiger partial charge < -0.3 is 5.32 Å². The van der Waals surface area contributed by atoms with Gasteiger partial charge in [-0.25, -0.2) is 4.98 Å². The van der Waals surface area contributed by atoms with Crippen LogP contribution in [0.15, 0.2) is 22.7 Å². The maximum Gasteiger partial charge on any atom is 0.111 e. The highest BCUT2D eigenvalue weighted by Crippen LogP contribution is 2.42. The summed E-state index contributed by atoms with van der Waals surface area (Å²) in [5.74, 6) is 0. The van der Waals surface area contributed by atoms with E-state index in [0.29, 0.717) is 11.5 Å². The van der Waals surface area contributed by atoms with Gasteiger partial charge in [-0.2, -0.15) is 0 Å². The van der Waals surface area contributed by atoms with Gasteiger partial charge in [0.2, 0.25) is 0 Å². The molecule has 0 saturated carbocycles. The van der Waals surface area contributed by atoms with Crippen LogP contribution < -0.4 is 5.32 Å². The van der Waals surface area contributed by atoms with Crippen LogP contribution in [0.2, 0.25) is 0 Å². The number of hydrogen-bond donors (Lipinski definition) is 1. The Balaban J connectivity index is 2.03. The Kier molecular flexibility index (Phi) is 3.20. The van der Waals surface area contributed by atoms with Crippen molar-refractivity contribution in [3.8, 4) is 0 Å². The van der Waals surface area contributed by atoms with Crippen molar-refractivity contribution in [3.05, 3.63) is 27.7 Å². The van der Waals surface area contributed by atoms with Crippen molar-refractivity contribution in [3.63, 3.8) is 0 Å². The van der Waals surface area contributed by atoms with E-state index in [9.17, 15) is 0 Å². The summed E-state index contributed by atoms with van der Waals surface area (Å²) in [6.07, 6.45) is 2.53. The number of rotatable bonds is 1. The van der Waals surface area contributed by atoms with Crippen molar-refractivity contribution in [1.29, 1.82) is 0 Å². The average Bonchev–Trinajstić information content (AvgIpc) is 2.70. The molecule has 2 heterocycles. The summed E-state index contributed by atoms with van der Waals surface area (Å²) in [4.78, 5) is 4.81. The minimum absolute atomic E-state index is 0.295. The number of benzene rings is 1. The fourth-order valence-electron chi connectivity index (χ4n) is 2.67. The fraction of sp³-hybridized carbons (Fsp3) is 0.500. The number of hydrogen-bond acceptors (Lipinski definition) is 3. The van der Waals surface area contributed by atoms with Gasteiger partial charge in [0.05, 0.1) is 16.3 Å². The van der Waals surface area contributed by atoms with E-state index < -0.39 is 0 Å². The Bertz CT molecular complexity index is 576. The first-order valence-electron chi connectivity index (χ1n) is 6.36. The number of piperidine rings is 1. The van der Waals surface area contributed by atoms with Crippen LogP contribution in [-0.4, -0.2) is 11.5 Å². The Morgan fingerprint density at radius 2 is 2.28 bits per heavy atom. The number of nitrogens with zero attached hydrogens (tertiary/aromatic N) is 1. The van der Waals surface area contributed by atoms with Crippen molar-refractivity contribution >= 4 is 37.5 Å². The second kappa shape index (κ2) is 4.58. The van der Waals surface area contributed by atoms with Gasteiger partial charge in [-0.3, -0.25) is 0 Å². The number of fused-ring (bicyclic) bond motifs is 1. The molecule has 1 aromatic heterocycles. The molecule has 1 atom stereocenters. The monoisotopic (exact) mass is 324 g/mol. The summed E-state index contributed by atoms with van der Waals surface area (Å²) in [5, 5.41) is 4.87. The highest BCUT2D eigenvalue weighted by atomic mass is 79.9. The zero-order valence-electron chi connectivity index (χ0n) is 10.7. The molecule has 2 aromatic rings. The summed E-state index contributed by atoms with van der Waals surface area (Å²) in [6.45, 7) is 5.78. The van der Waals surface area contributed by atoms with E-state index in [1.165, 1.54) is 22.5 Å². The number of halogens is 1. The zero-order chi connectivity index (χ0) is 12.8. The van der Waals surface area contributed by atoms with Gasteiger partial charge in [-0.05, 0) is 43.0 Å². The SMILES string of the molecule is CC1(C)CCCNC1c1nc2ccc(Br)cc2s1. The maximum atomic E-state index is 4.81. The van der Waals surface area contributed by atoms with E-state index in [-0.39, 0.29) is 0 Å². The molecule has 4 heteroatoms. The van der Waals surface area contributed by atoms with Crippen molar-refractivity contribution in [1.82, 2.24) is 10.3 Å². The van der Waals surface area contributed by atoms with E-state index >= 15 is 0 Å². The van der Waals surface area contributed by atoms with Gasteiger partial charge >= 0.3 is 0 Å². The molecule has 1 aliphatic rings. The average molecular weight is 325 g/mol. The van der Waals surface area contributed by atoms with Crippen LogP contribution in [0.4, 0.5) is 0 Å². The molecule has 1 aromatic carbocycles. The fourth-order valence-corrected chi connectivity index (χ4v) is 4.48. The quantitative estimate of drug-likeness (QED) is 0.834. The Hall–Kier alpha value is -0.450. The van der Waals surface area contributed by atoms with E-state index in [0.717, 1.165) is 16.5 Å². The molecule has 0 amide bonds. The molecule has 96 valence electrons. The van der Waals surface area contributed by atoms with Crippen LogP contribution in [0.5, 0.6) is 0 Å². The first-order valence-corrected chi connectivity index (χ1v) is 7.97. The van der Waals surface area contributed by atoms with Crippen LogP contribution in [-0.2, 0) is 0 Å². The number of thiazole rings is 1. The third kappa shape index (κ3) is 2.22. The number of aromatic nitrogens is 1. The molecule has 1 unspecified atom stereocenters. The molecule has 18 heavy (non-hydrogen) atoms. The molecule has 1 aliphatic heterocycles. The molecule has 0 bridgehead atoms. The zero-order valence-corrected chi connectivity index (χ0v) is 13.1. The van der Waals surface area contributed by atoms with Gasteiger partial charge in [-0.1, -0.05) is 29.8 Å². The third-order valence-electron chi connectivity index (χ3n) is 3.74. The summed E-state index contributed by atoms with van der Waals surface area (Å²) >= 11 is 5.34. The van der Waals surface area contributed by atoms with Crippen molar-refractivity contribution in [2.45, 2.75) is 32.7 Å². The molecule has 3 rings (SSSR count). The Labute approximate surface area is 120 Å². The standard InChI is InChI=1S/C14H17BrN2S/c1-14(2)6-3-7-16-12(14)13-17-10-5-4-9(15)8-11(10)18-13/h4-5,8,12,16H,3,6-7H2,1-2H3. The summed E-state index contributed by atoms with van der Waals surface area (Å²) < 4.78 is 2.39. The first-order chi connectivity index (χ1) is 8.56. The van der Waals surface area contributed by atoms with Crippen LogP contribution in [0, 0.1) is 5.41 Å². The lowest BCUT2D eigenvalue weighted by molar-refractivity contribution is 0.181. The molecular formula is C14H17BrN2S. The lowest BCUT2D eigenvalue weighted by Gasteiger charge is -2.38. The smallest absolute Gasteiger partial charge is 0.111 e. The van der Waals surface area contributed by atoms with E-state index in [2.05, 4.69) is 53.3 Å². The minimum Gasteiger partial charge on any atom is -0.307 e. The number of nitrogens with one attached hydrogen (secondary N) is 1. The molecule has 0 aliphatic carbocycles. The van der Waals surface area contributed by atoms with Crippen LogP contribution in [0.25, 0.3) is 10.2 Å². The van der Waals surface area contributed by atoms with Crippen molar-refractivity contribution in [2.24, 2.45) is 5.41 Å². The van der Waals surface area contributed by atoms with Crippen LogP contribution in [0.3, 0.4) is 0 Å². The highest BCUT2D eigenvalue weighted by molar-refractivity contribution is 9.10. The Morgan fingerprint density at radius 3 is 3.06 bits per heavy atom. The van der Waals surface area contributed by atoms with Gasteiger partial charge in [0.25, 0.3) is 0 Å². The highest BCUT2D eigenvalue weighted by Gasteiger charge is 2.35. The summed E-state index contributed by atoms with van der Waals surface area (Å²) in [7, 11) is 0. The van der Waals surface area contributed by atoms with Gasteiger partial charge in [0.1, 0.15) is 5.01 Å². The molecule has 0 spiro atoms. The van der Waals surface area contributed by atoms with Gasteiger partial charge in [-0.15, -0.1) is 11.3 Å². The maximum absolute atomic E-state index is 4.81. The predicted molar refractivity (Wildman–Crippen MR) is 81.1 cm³/mol. The topological polar surface area (TPSA) is 24.9 Å². The summed E-state index contributed by atoms with van der Waals surface area (Å²) in [6, 6.07) is 6.70.